The Morgan fingerprint density at radius 3 is 2.60 bits per heavy atom. The van der Waals surface area contributed by atoms with Crippen molar-refractivity contribution in [2.24, 2.45) is 5.92 Å². The largest absolute Gasteiger partial charge is 0.395 e. The lowest BCUT2D eigenvalue weighted by molar-refractivity contribution is 0.218. The predicted molar refractivity (Wildman–Crippen MR) is 81.7 cm³/mol. The van der Waals surface area contributed by atoms with E-state index in [1.807, 2.05) is 0 Å². The fourth-order valence-electron chi connectivity index (χ4n) is 2.70. The van der Waals surface area contributed by atoms with Crippen LogP contribution in [-0.4, -0.2) is 26.2 Å². The van der Waals surface area contributed by atoms with Gasteiger partial charge in [-0.15, -0.1) is 11.3 Å². The number of rotatable bonds is 6. The van der Waals surface area contributed by atoms with Gasteiger partial charge in [0.15, 0.2) is 0 Å². The summed E-state index contributed by atoms with van der Waals surface area (Å²) in [5.41, 5.74) is 0. The Balaban J connectivity index is 1.98. The first-order chi connectivity index (χ1) is 9.51. The van der Waals surface area contributed by atoms with Crippen molar-refractivity contribution in [3.05, 3.63) is 16.5 Å². The molecule has 1 aliphatic rings. The molecule has 0 aromatic carbocycles. The van der Waals surface area contributed by atoms with Gasteiger partial charge in [-0.1, -0.05) is 43.7 Å². The fraction of sp³-hybridized carbons (Fsp3) is 0.692. The number of sulfonamides is 1. The molecular weight excluding hydrogens is 318 g/mol. The second-order valence-electron chi connectivity index (χ2n) is 5.30. The first-order valence-electron chi connectivity index (χ1n) is 6.90. The standard InChI is InChI=1S/C13H20ClNO3S2/c14-12-6-7-13(19-12)20(17,18)15-11(9-16)8-10-4-2-1-3-5-10/h6-7,10-11,15-16H,1-5,8-9H2. The summed E-state index contributed by atoms with van der Waals surface area (Å²) in [6.45, 7) is -0.172. The Bertz CT molecular complexity index is 523. The van der Waals surface area contributed by atoms with Gasteiger partial charge in [0.25, 0.3) is 0 Å². The highest BCUT2D eigenvalue weighted by Crippen LogP contribution is 2.29. The summed E-state index contributed by atoms with van der Waals surface area (Å²) in [5.74, 6) is 0.510. The molecular formula is C13H20ClNO3S2. The molecule has 1 aliphatic carbocycles. The molecule has 1 aromatic rings. The molecule has 4 nitrogen and oxygen atoms in total. The van der Waals surface area contributed by atoms with Crippen LogP contribution in [0.4, 0.5) is 0 Å². The summed E-state index contributed by atoms with van der Waals surface area (Å²) in [5, 5.41) is 9.42. The van der Waals surface area contributed by atoms with Crippen molar-refractivity contribution in [3.63, 3.8) is 0 Å². The summed E-state index contributed by atoms with van der Waals surface area (Å²) in [6.07, 6.45) is 6.63. The molecule has 1 atom stereocenters. The van der Waals surface area contributed by atoms with Crippen LogP contribution in [0.3, 0.4) is 0 Å². The van der Waals surface area contributed by atoms with Crippen molar-refractivity contribution in [1.82, 2.24) is 4.72 Å². The first-order valence-corrected chi connectivity index (χ1v) is 9.57. The average Bonchev–Trinajstić information content (AvgIpc) is 2.86. The maximum absolute atomic E-state index is 12.2. The number of halogens is 1. The molecule has 20 heavy (non-hydrogen) atoms. The van der Waals surface area contributed by atoms with Crippen LogP contribution in [-0.2, 0) is 10.0 Å². The van der Waals surface area contributed by atoms with Crippen LogP contribution in [0, 0.1) is 5.92 Å². The van der Waals surface area contributed by atoms with Gasteiger partial charge in [0.2, 0.25) is 10.0 Å². The van der Waals surface area contributed by atoms with Crippen LogP contribution < -0.4 is 4.72 Å². The third-order valence-electron chi connectivity index (χ3n) is 3.70. The second kappa shape index (κ2) is 7.22. The zero-order valence-electron chi connectivity index (χ0n) is 11.2. The van der Waals surface area contributed by atoms with E-state index in [1.54, 1.807) is 6.07 Å². The minimum Gasteiger partial charge on any atom is -0.395 e. The normalized spacial score (nSPS) is 19.1. The molecule has 0 radical (unpaired) electrons. The van der Waals surface area contributed by atoms with Crippen LogP contribution in [0.2, 0.25) is 4.34 Å². The van der Waals surface area contributed by atoms with E-state index in [-0.39, 0.29) is 10.8 Å². The van der Waals surface area contributed by atoms with E-state index in [0.29, 0.717) is 16.7 Å². The molecule has 0 aliphatic heterocycles. The topological polar surface area (TPSA) is 66.4 Å². The van der Waals surface area contributed by atoms with E-state index >= 15 is 0 Å². The molecule has 0 spiro atoms. The maximum Gasteiger partial charge on any atom is 0.250 e. The fourth-order valence-corrected chi connectivity index (χ4v) is 5.44. The molecule has 1 unspecified atom stereocenters. The second-order valence-corrected chi connectivity index (χ2v) is 8.95. The quantitative estimate of drug-likeness (QED) is 0.838. The van der Waals surface area contributed by atoms with Crippen LogP contribution in [0.15, 0.2) is 16.3 Å². The van der Waals surface area contributed by atoms with Crippen LogP contribution in [0.25, 0.3) is 0 Å². The number of hydrogen-bond acceptors (Lipinski definition) is 4. The van der Waals surface area contributed by atoms with Gasteiger partial charge >= 0.3 is 0 Å². The Kier molecular flexibility index (Phi) is 5.86. The molecule has 1 saturated carbocycles. The van der Waals surface area contributed by atoms with E-state index in [1.165, 1.54) is 25.3 Å². The monoisotopic (exact) mass is 337 g/mol. The summed E-state index contributed by atoms with van der Waals surface area (Å²) < 4.78 is 27.6. The highest BCUT2D eigenvalue weighted by atomic mass is 35.5. The van der Waals surface area contributed by atoms with Crippen molar-refractivity contribution in [2.45, 2.75) is 48.8 Å². The minimum absolute atomic E-state index is 0.172. The molecule has 1 fully saturated rings. The van der Waals surface area contributed by atoms with Crippen molar-refractivity contribution in [2.75, 3.05) is 6.61 Å². The Morgan fingerprint density at radius 1 is 1.35 bits per heavy atom. The van der Waals surface area contributed by atoms with Crippen molar-refractivity contribution in [3.8, 4) is 0 Å². The molecule has 0 amide bonds. The van der Waals surface area contributed by atoms with E-state index in [0.717, 1.165) is 24.2 Å². The summed E-state index contributed by atoms with van der Waals surface area (Å²) in [6, 6.07) is 2.64. The SMILES string of the molecule is O=S(=O)(NC(CO)CC1CCCCC1)c1ccc(Cl)s1. The predicted octanol–water partition coefficient (Wildman–Crippen LogP) is 3.01. The highest BCUT2D eigenvalue weighted by molar-refractivity contribution is 7.91. The number of aliphatic hydroxyl groups excluding tert-OH is 1. The smallest absolute Gasteiger partial charge is 0.250 e. The van der Waals surface area contributed by atoms with E-state index in [4.69, 9.17) is 11.6 Å². The molecule has 7 heteroatoms. The van der Waals surface area contributed by atoms with Gasteiger partial charge in [-0.25, -0.2) is 13.1 Å². The number of aliphatic hydroxyl groups is 1. The van der Waals surface area contributed by atoms with Gasteiger partial charge < -0.3 is 5.11 Å². The summed E-state index contributed by atoms with van der Waals surface area (Å²) in [7, 11) is -3.58. The zero-order chi connectivity index (χ0) is 14.6. The van der Waals surface area contributed by atoms with Gasteiger partial charge in [0.05, 0.1) is 10.9 Å². The van der Waals surface area contributed by atoms with Crippen molar-refractivity contribution >= 4 is 33.0 Å². The average molecular weight is 338 g/mol. The van der Waals surface area contributed by atoms with Gasteiger partial charge in [0.1, 0.15) is 4.21 Å². The zero-order valence-corrected chi connectivity index (χ0v) is 13.6. The third-order valence-corrected chi connectivity index (χ3v) is 6.94. The molecule has 2 rings (SSSR count). The highest BCUT2D eigenvalue weighted by Gasteiger charge is 2.24. The Morgan fingerprint density at radius 2 is 2.05 bits per heavy atom. The Labute approximate surface area is 129 Å². The molecule has 2 N–H and O–H groups in total. The molecule has 1 heterocycles. The van der Waals surface area contributed by atoms with Crippen LogP contribution in [0.5, 0.6) is 0 Å². The van der Waals surface area contributed by atoms with E-state index < -0.39 is 16.1 Å². The van der Waals surface area contributed by atoms with Gasteiger partial charge in [-0.05, 0) is 24.5 Å². The van der Waals surface area contributed by atoms with E-state index in [2.05, 4.69) is 4.72 Å². The first kappa shape index (κ1) is 16.2. The summed E-state index contributed by atoms with van der Waals surface area (Å²) >= 11 is 6.80. The Hall–Kier alpha value is -0.140. The van der Waals surface area contributed by atoms with Gasteiger partial charge in [-0.2, -0.15) is 0 Å². The molecule has 0 bridgehead atoms. The maximum atomic E-state index is 12.2. The van der Waals surface area contributed by atoms with Crippen LogP contribution >= 0.6 is 22.9 Å². The molecule has 0 saturated heterocycles. The lowest BCUT2D eigenvalue weighted by Crippen LogP contribution is -2.38. The third kappa shape index (κ3) is 4.43. The van der Waals surface area contributed by atoms with Crippen LogP contribution in [0.1, 0.15) is 38.5 Å². The van der Waals surface area contributed by atoms with E-state index in [9.17, 15) is 13.5 Å². The minimum atomic E-state index is -3.58. The lowest BCUT2D eigenvalue weighted by atomic mass is 9.85. The van der Waals surface area contributed by atoms with Gasteiger partial charge in [-0.3, -0.25) is 0 Å². The number of thiophene rings is 1. The lowest BCUT2D eigenvalue weighted by Gasteiger charge is -2.25. The van der Waals surface area contributed by atoms with Crippen molar-refractivity contribution < 1.29 is 13.5 Å². The number of hydrogen-bond donors (Lipinski definition) is 2. The summed E-state index contributed by atoms with van der Waals surface area (Å²) in [4.78, 5) is 0. The van der Waals surface area contributed by atoms with Crippen molar-refractivity contribution in [1.29, 1.82) is 0 Å². The molecule has 1 aromatic heterocycles. The molecule has 114 valence electrons. The van der Waals surface area contributed by atoms with Gasteiger partial charge in [0, 0.05) is 6.04 Å². The number of nitrogens with one attached hydrogen (secondary N) is 1.